The van der Waals surface area contributed by atoms with Gasteiger partial charge in [0.2, 0.25) is 11.8 Å². The van der Waals surface area contributed by atoms with E-state index in [1.807, 2.05) is 0 Å². The molecule has 3 saturated heterocycles. The van der Waals surface area contributed by atoms with Crippen LogP contribution in [-0.4, -0.2) is 75.7 Å². The van der Waals surface area contributed by atoms with Crippen molar-refractivity contribution >= 4 is 33.7 Å². The zero-order valence-corrected chi connectivity index (χ0v) is 19.1. The number of aliphatic hydroxyl groups excluding tert-OH is 1. The molecule has 0 aromatic carbocycles. The van der Waals surface area contributed by atoms with E-state index in [0.29, 0.717) is 6.42 Å². The van der Waals surface area contributed by atoms with Crippen LogP contribution < -0.4 is 5.32 Å². The molecule has 1 saturated carbocycles. The first-order chi connectivity index (χ1) is 14.4. The molecule has 4 aliphatic rings. The second-order valence-electron chi connectivity index (χ2n) is 9.04. The lowest BCUT2D eigenvalue weighted by atomic mass is 9.70. The van der Waals surface area contributed by atoms with Gasteiger partial charge in [-0.05, 0) is 33.1 Å². The number of ether oxygens (including phenoxy) is 2. The lowest BCUT2D eigenvalue weighted by Crippen LogP contribution is -2.59. The number of nitrogens with one attached hydrogen (secondary N) is 1. The number of carbonyl (C=O) groups is 3. The van der Waals surface area contributed by atoms with Crippen molar-refractivity contribution in [2.24, 2.45) is 11.8 Å². The molecule has 2 bridgehead atoms. The predicted octanol–water partition coefficient (Wildman–Crippen LogP) is 1.13. The summed E-state index contributed by atoms with van der Waals surface area (Å²) in [6.45, 7) is 3.39. The summed E-state index contributed by atoms with van der Waals surface area (Å²) in [6, 6.07) is -1.34. The maximum atomic E-state index is 13.5. The number of halogens is 1. The summed E-state index contributed by atoms with van der Waals surface area (Å²) < 4.78 is 11.6. The van der Waals surface area contributed by atoms with Crippen LogP contribution >= 0.6 is 15.9 Å². The van der Waals surface area contributed by atoms with E-state index in [0.717, 1.165) is 25.7 Å². The van der Waals surface area contributed by atoms with Crippen LogP contribution in [0.2, 0.25) is 0 Å². The molecular weight excluding hydrogens is 456 g/mol. The van der Waals surface area contributed by atoms with Gasteiger partial charge in [0.15, 0.2) is 0 Å². The van der Waals surface area contributed by atoms with Crippen LogP contribution in [0.5, 0.6) is 0 Å². The molecular formula is C21H31BrN2O6. The van der Waals surface area contributed by atoms with E-state index >= 15 is 0 Å². The summed E-state index contributed by atoms with van der Waals surface area (Å²) in [5, 5.41) is 12.9. The summed E-state index contributed by atoms with van der Waals surface area (Å²) >= 11 is 3.61. The Labute approximate surface area is 185 Å². The molecule has 3 aliphatic heterocycles. The topological polar surface area (TPSA) is 105 Å². The molecule has 2 N–H and O–H groups in total. The number of alkyl halides is 1. The van der Waals surface area contributed by atoms with E-state index in [2.05, 4.69) is 21.2 Å². The minimum atomic E-state index is -1.09. The van der Waals surface area contributed by atoms with Crippen molar-refractivity contribution in [3.05, 3.63) is 0 Å². The van der Waals surface area contributed by atoms with Gasteiger partial charge in [0, 0.05) is 10.9 Å². The largest absolute Gasteiger partial charge is 0.466 e. The highest BCUT2D eigenvalue weighted by Gasteiger charge is 2.77. The van der Waals surface area contributed by atoms with Crippen molar-refractivity contribution in [1.82, 2.24) is 10.2 Å². The van der Waals surface area contributed by atoms with Gasteiger partial charge in [-0.1, -0.05) is 35.2 Å². The molecule has 4 fully saturated rings. The highest BCUT2D eigenvalue weighted by atomic mass is 79.9. The Kier molecular flexibility index (Phi) is 6.16. The normalized spacial score (nSPS) is 39.1. The fourth-order valence-corrected chi connectivity index (χ4v) is 6.91. The Morgan fingerprint density at radius 2 is 2.07 bits per heavy atom. The number of fused-ring (bicyclic) bond motifs is 1. The summed E-state index contributed by atoms with van der Waals surface area (Å²) in [7, 11) is 0. The van der Waals surface area contributed by atoms with Gasteiger partial charge in [-0.3, -0.25) is 14.4 Å². The smallest absolute Gasteiger partial charge is 0.312 e. The highest BCUT2D eigenvalue weighted by molar-refractivity contribution is 9.09. The Hall–Kier alpha value is -1.19. The molecule has 168 valence electrons. The van der Waals surface area contributed by atoms with Crippen LogP contribution in [0.25, 0.3) is 0 Å². The van der Waals surface area contributed by atoms with Crippen molar-refractivity contribution < 1.29 is 29.0 Å². The molecule has 0 aromatic rings. The molecule has 1 aliphatic carbocycles. The van der Waals surface area contributed by atoms with E-state index in [4.69, 9.17) is 9.47 Å². The quantitative estimate of drug-likeness (QED) is 0.430. The molecule has 2 amide bonds. The number of likely N-dealkylation sites (tertiary alicyclic amines) is 1. The van der Waals surface area contributed by atoms with Crippen LogP contribution in [0.3, 0.4) is 0 Å². The van der Waals surface area contributed by atoms with Crippen LogP contribution in [-0.2, 0) is 23.9 Å². The number of aliphatic hydroxyl groups is 1. The summed E-state index contributed by atoms with van der Waals surface area (Å²) in [4.78, 5) is 41.1. The zero-order chi connectivity index (χ0) is 21.6. The van der Waals surface area contributed by atoms with Gasteiger partial charge in [-0.2, -0.15) is 0 Å². The molecule has 3 heterocycles. The first-order valence-electron chi connectivity index (χ1n) is 11.1. The molecule has 0 aromatic heterocycles. The van der Waals surface area contributed by atoms with E-state index in [1.54, 1.807) is 13.8 Å². The van der Waals surface area contributed by atoms with Crippen LogP contribution in [0.4, 0.5) is 0 Å². The number of amides is 2. The monoisotopic (exact) mass is 486 g/mol. The molecule has 0 radical (unpaired) electrons. The van der Waals surface area contributed by atoms with Gasteiger partial charge in [-0.25, -0.2) is 0 Å². The summed E-state index contributed by atoms with van der Waals surface area (Å²) in [5.41, 5.74) is -1.09. The van der Waals surface area contributed by atoms with Gasteiger partial charge in [0.1, 0.15) is 11.6 Å². The third kappa shape index (κ3) is 3.28. The number of rotatable bonds is 6. The minimum absolute atomic E-state index is 0.0855. The Morgan fingerprint density at radius 3 is 2.70 bits per heavy atom. The second-order valence-corrected chi connectivity index (χ2v) is 10.2. The van der Waals surface area contributed by atoms with E-state index in [1.165, 1.54) is 11.3 Å². The molecule has 7 atom stereocenters. The van der Waals surface area contributed by atoms with Crippen LogP contribution in [0, 0.1) is 11.8 Å². The van der Waals surface area contributed by atoms with Crippen LogP contribution in [0.1, 0.15) is 52.4 Å². The van der Waals surface area contributed by atoms with Crippen molar-refractivity contribution in [3.63, 3.8) is 0 Å². The maximum Gasteiger partial charge on any atom is 0.312 e. The first-order valence-corrected chi connectivity index (χ1v) is 12.0. The van der Waals surface area contributed by atoms with Gasteiger partial charge < -0.3 is 24.8 Å². The fraction of sp³-hybridized carbons (Fsp3) is 0.857. The van der Waals surface area contributed by atoms with E-state index in [9.17, 15) is 19.5 Å². The molecule has 9 heteroatoms. The number of esters is 1. The number of nitrogens with zero attached hydrogens (tertiary/aromatic N) is 1. The molecule has 3 unspecified atom stereocenters. The van der Waals surface area contributed by atoms with Gasteiger partial charge in [-0.15, -0.1) is 0 Å². The Morgan fingerprint density at radius 1 is 1.37 bits per heavy atom. The van der Waals surface area contributed by atoms with Crippen LogP contribution in [0.15, 0.2) is 0 Å². The average Bonchev–Trinajstić information content (AvgIpc) is 3.31. The highest BCUT2D eigenvalue weighted by Crippen LogP contribution is 2.60. The van der Waals surface area contributed by atoms with Gasteiger partial charge in [0.25, 0.3) is 0 Å². The molecule has 4 rings (SSSR count). The fourth-order valence-electron chi connectivity index (χ4n) is 5.96. The average molecular weight is 487 g/mol. The Balaban J connectivity index is 1.69. The van der Waals surface area contributed by atoms with Crippen molar-refractivity contribution in [3.8, 4) is 0 Å². The SMILES string of the molecule is CCOC(=O)[C@H]1[C@H]2C(=O)N([C@H](C)CO)C(C(=O)NC3CCCCC3)C23CC(Br)[C@@H]1O3. The van der Waals surface area contributed by atoms with Crippen molar-refractivity contribution in [2.45, 2.75) is 87.0 Å². The lowest BCUT2D eigenvalue weighted by Gasteiger charge is -2.37. The molecule has 30 heavy (non-hydrogen) atoms. The molecule has 8 nitrogen and oxygen atoms in total. The Bertz CT molecular complexity index is 714. The lowest BCUT2D eigenvalue weighted by molar-refractivity contribution is -0.155. The zero-order valence-electron chi connectivity index (χ0n) is 17.5. The standard InChI is InChI=1S/C21H31BrN2O6/c1-3-29-20(28)14-15-19(27)24(11(2)10-25)17(21(15)9-13(22)16(14)30-21)18(26)23-12-7-5-4-6-8-12/h11-17,25H,3-10H2,1-2H3,(H,23,26)/t11-,13?,14+,15+,16+,17?,21?/m1/s1. The number of hydrogen-bond donors (Lipinski definition) is 2. The minimum Gasteiger partial charge on any atom is -0.466 e. The van der Waals surface area contributed by atoms with Gasteiger partial charge in [0.05, 0.1) is 37.2 Å². The number of hydrogen-bond acceptors (Lipinski definition) is 6. The predicted molar refractivity (Wildman–Crippen MR) is 111 cm³/mol. The summed E-state index contributed by atoms with van der Waals surface area (Å²) in [5.74, 6) is -2.54. The van der Waals surface area contributed by atoms with Crippen molar-refractivity contribution in [1.29, 1.82) is 0 Å². The second kappa shape index (κ2) is 8.39. The third-order valence-electron chi connectivity index (χ3n) is 7.22. The van der Waals surface area contributed by atoms with E-state index < -0.39 is 41.6 Å². The van der Waals surface area contributed by atoms with E-state index in [-0.39, 0.29) is 35.9 Å². The summed E-state index contributed by atoms with van der Waals surface area (Å²) in [6.07, 6.45) is 5.13. The first kappa shape index (κ1) is 22.0. The maximum absolute atomic E-state index is 13.5. The molecule has 1 spiro atoms. The third-order valence-corrected chi connectivity index (χ3v) is 8.07. The number of carbonyl (C=O) groups excluding carboxylic acids is 3. The van der Waals surface area contributed by atoms with Gasteiger partial charge >= 0.3 is 5.97 Å². The van der Waals surface area contributed by atoms with Crippen molar-refractivity contribution in [2.75, 3.05) is 13.2 Å².